The van der Waals surface area contributed by atoms with Crippen LogP contribution in [0.2, 0.25) is 0 Å². The van der Waals surface area contributed by atoms with Crippen LogP contribution in [0.15, 0.2) is 106 Å². The normalized spacial score (nSPS) is 20.6. The molecule has 0 aliphatic carbocycles. The van der Waals surface area contributed by atoms with Crippen LogP contribution in [0.25, 0.3) is 11.2 Å². The number of ether oxygens (including phenoxy) is 8. The largest absolute Gasteiger partial charge is 0.497 e. The molecule has 3 aromatic carbocycles. The minimum Gasteiger partial charge on any atom is -0.497 e. The number of aliphatic hydroxyl groups excluding tert-OH is 2. The Morgan fingerprint density at radius 3 is 2.12 bits per heavy atom. The molecule has 6 N–H and O–H groups in total. The van der Waals surface area contributed by atoms with Gasteiger partial charge in [0.1, 0.15) is 28.8 Å². The maximum atomic E-state index is 14.7. The Morgan fingerprint density at radius 1 is 0.888 bits per heavy atom. The summed E-state index contributed by atoms with van der Waals surface area (Å²) in [5.41, 5.74) is -2.90. The number of carbonyl (C=O) groups excluding carboxylic acids is 2. The number of rotatable bonds is 31. The molecule has 5 heterocycles. The first-order chi connectivity index (χ1) is 42.7. The Bertz CT molecular complexity index is 3620. The molecule has 6 aromatic rings. The van der Waals surface area contributed by atoms with Gasteiger partial charge in [0.25, 0.3) is 11.1 Å². The van der Waals surface area contributed by atoms with Gasteiger partial charge in [-0.1, -0.05) is 68.4 Å². The molecule has 3 aromatic heterocycles. The van der Waals surface area contributed by atoms with Gasteiger partial charge in [-0.3, -0.25) is 57.9 Å². The molecule has 478 valence electrons. The van der Waals surface area contributed by atoms with Gasteiger partial charge in [-0.05, 0) is 47.9 Å². The smallest absolute Gasteiger partial charge is 0.361 e. The Morgan fingerprint density at radius 2 is 1.52 bits per heavy atom. The first-order valence-corrected chi connectivity index (χ1v) is 30.0. The number of fused-ring (bicyclic) bond motifs is 1. The number of anilines is 1. The highest BCUT2D eigenvalue weighted by atomic mass is 31.2. The van der Waals surface area contributed by atoms with E-state index in [4.69, 9.17) is 46.9 Å². The van der Waals surface area contributed by atoms with Crippen LogP contribution in [0.5, 0.6) is 11.5 Å². The summed E-state index contributed by atoms with van der Waals surface area (Å²) >= 11 is 0. The number of benzene rings is 3. The second-order valence-corrected chi connectivity index (χ2v) is 23.5. The van der Waals surface area contributed by atoms with Crippen molar-refractivity contribution in [2.75, 3.05) is 92.0 Å². The summed E-state index contributed by atoms with van der Waals surface area (Å²) in [6.07, 6.45) is -4.56. The van der Waals surface area contributed by atoms with Crippen LogP contribution in [0.1, 0.15) is 68.3 Å². The summed E-state index contributed by atoms with van der Waals surface area (Å²) in [7, 11) is -1.69. The second kappa shape index (κ2) is 30.0. The number of imidazole rings is 1. The van der Waals surface area contributed by atoms with Crippen molar-refractivity contribution >= 4 is 42.6 Å². The molecule has 30 heteroatoms. The Hall–Kier alpha value is -7.98. The quantitative estimate of drug-likeness (QED) is 0.0157. The molecular formula is C59H72N9O20P. The van der Waals surface area contributed by atoms with Gasteiger partial charge in [-0.2, -0.15) is 10.2 Å². The van der Waals surface area contributed by atoms with E-state index in [1.54, 1.807) is 35.0 Å². The summed E-state index contributed by atoms with van der Waals surface area (Å²) in [5, 5.41) is 45.3. The average Bonchev–Trinajstić information content (AvgIpc) is 2.01. The summed E-state index contributed by atoms with van der Waals surface area (Å²) < 4.78 is 76.8. The van der Waals surface area contributed by atoms with Crippen LogP contribution in [-0.4, -0.2) is 177 Å². The van der Waals surface area contributed by atoms with Gasteiger partial charge in [0.15, 0.2) is 35.6 Å². The zero-order valence-electron chi connectivity index (χ0n) is 49.8. The number of nitrogens with one attached hydrogen (secondary N) is 3. The van der Waals surface area contributed by atoms with Crippen molar-refractivity contribution < 1.29 is 81.2 Å². The molecule has 0 bridgehead atoms. The van der Waals surface area contributed by atoms with E-state index in [-0.39, 0.29) is 81.8 Å². The number of morpholine rings is 1. The van der Waals surface area contributed by atoms with E-state index in [0.29, 0.717) is 11.5 Å². The number of carboxylic acids is 1. The number of aryl methyl sites for hydroxylation is 1. The van der Waals surface area contributed by atoms with Crippen LogP contribution in [0.4, 0.5) is 5.95 Å². The Balaban J connectivity index is 0.948. The zero-order chi connectivity index (χ0) is 64.0. The van der Waals surface area contributed by atoms with Crippen LogP contribution in [0.3, 0.4) is 0 Å². The lowest BCUT2D eigenvalue weighted by molar-refractivity contribution is -0.231. The number of aromatic nitrogens is 6. The summed E-state index contributed by atoms with van der Waals surface area (Å²) in [4.78, 5) is 91.8. The molecule has 1 amide bonds. The van der Waals surface area contributed by atoms with Crippen molar-refractivity contribution in [3.05, 3.63) is 145 Å². The highest BCUT2D eigenvalue weighted by Crippen LogP contribution is 2.57. The van der Waals surface area contributed by atoms with Crippen molar-refractivity contribution in [2.24, 2.45) is 11.8 Å². The summed E-state index contributed by atoms with van der Waals surface area (Å²) in [6, 6.07) is 26.2. The Labute approximate surface area is 509 Å². The number of amides is 1. The number of carbonyl (C=O) groups is 3. The summed E-state index contributed by atoms with van der Waals surface area (Å²) in [5.74, 6) is -6.10. The molecular weight excluding hydrogens is 1190 g/mol. The van der Waals surface area contributed by atoms with Gasteiger partial charge in [0.05, 0.1) is 92.3 Å². The lowest BCUT2D eigenvalue weighted by Crippen LogP contribution is -2.60. The predicted octanol–water partition coefficient (Wildman–Crippen LogP) is 3.57. The number of methoxy groups -OCH3 is 2. The minimum absolute atomic E-state index is 0.0177. The molecule has 0 saturated carbocycles. The SMILES string of the molecule is COc1ccc(C(OC[C@]2(CO)CN(CCOCCOCCOP(=O)(OCCC#N)C(O)[C@@H]3O[C@@H](n4cnc5c(=O)[nH]c(NC(=O)C(C)C)nc54)[C@H](OC(C)=O)[C@H]3CC(=O)O)C[C@H](n3cc(C)c(=O)[nH]c3=O)O2)(c2ccccc2)c2ccc(OC)cc2)cc1. The average molecular weight is 1260 g/mol. The van der Waals surface area contributed by atoms with Crippen LogP contribution >= 0.6 is 7.60 Å². The van der Waals surface area contributed by atoms with Gasteiger partial charge in [0, 0.05) is 50.2 Å². The van der Waals surface area contributed by atoms with E-state index in [2.05, 4.69) is 25.3 Å². The van der Waals surface area contributed by atoms with Crippen LogP contribution in [0, 0.1) is 30.1 Å². The first kappa shape index (κ1) is 67.0. The molecule has 8 rings (SSSR count). The molecule has 2 unspecified atom stereocenters. The molecule has 2 fully saturated rings. The van der Waals surface area contributed by atoms with Gasteiger partial charge >= 0.3 is 25.2 Å². The van der Waals surface area contributed by atoms with E-state index in [1.165, 1.54) is 10.8 Å². The number of aromatic amines is 2. The monoisotopic (exact) mass is 1260 g/mol. The fourth-order valence-electron chi connectivity index (χ4n) is 10.5. The fourth-order valence-corrected chi connectivity index (χ4v) is 12.2. The molecule has 2 aliphatic rings. The molecule has 0 radical (unpaired) electrons. The van der Waals surface area contributed by atoms with E-state index in [1.807, 2.05) is 89.8 Å². The lowest BCUT2D eigenvalue weighted by Gasteiger charge is -2.47. The molecule has 0 spiro atoms. The molecule has 89 heavy (non-hydrogen) atoms. The standard InChI is InChI=1S/C59H72N9O20P/c1-36(2)51(73)63-56-62-50-47(53(75)64-56)61-35-68(50)54-48(86-38(4)70)44(29-46(71)72)49(87-54)55(76)89(78,84-23-10-21-60)85-28-27-82-26-25-81-24-22-66-31-45(67-30-37(3)52(74)65-57(67)77)88-58(32-66,33-69)34-83-59(39-11-8-7-9-12-39,40-13-17-42(79-5)18-14-40)41-15-19-43(80-6)20-16-41/h7-9,11-20,30,35-36,44-45,48-49,54-55,69,76H,10,22-29,31-34H2,1-6H3,(H,71,72)(H,65,74,77)(H2,62,63,64,73,75)/t44-,45-,48-,49-,54-,55?,58-,89?/m1/s1. The first-order valence-electron chi connectivity index (χ1n) is 28.4. The van der Waals surface area contributed by atoms with Crippen molar-refractivity contribution in [2.45, 2.75) is 82.2 Å². The number of aliphatic hydroxyl groups is 2. The fraction of sp³-hybridized carbons (Fsp3) is 0.475. The molecule has 2 aliphatic heterocycles. The van der Waals surface area contributed by atoms with Gasteiger partial charge in [0.2, 0.25) is 11.9 Å². The lowest BCUT2D eigenvalue weighted by atomic mass is 9.79. The third-order valence-electron chi connectivity index (χ3n) is 14.9. The number of aliphatic carboxylic acids is 1. The maximum Gasteiger partial charge on any atom is 0.361 e. The number of nitrogens with zero attached hydrogens (tertiary/aromatic N) is 6. The zero-order valence-corrected chi connectivity index (χ0v) is 50.7. The number of carboxylic acid groups (broad SMARTS) is 1. The van der Waals surface area contributed by atoms with Gasteiger partial charge in [-0.25, -0.2) is 9.78 Å². The van der Waals surface area contributed by atoms with E-state index in [9.17, 15) is 53.9 Å². The van der Waals surface area contributed by atoms with Crippen molar-refractivity contribution in [3.63, 3.8) is 0 Å². The van der Waals surface area contributed by atoms with E-state index < -0.39 is 122 Å². The molecule has 2 saturated heterocycles. The number of H-pyrrole nitrogens is 2. The highest BCUT2D eigenvalue weighted by molar-refractivity contribution is 7.54. The van der Waals surface area contributed by atoms with E-state index in [0.717, 1.165) is 34.5 Å². The Kier molecular flexibility index (Phi) is 22.6. The van der Waals surface area contributed by atoms with Gasteiger partial charge in [-0.15, -0.1) is 0 Å². The molecule has 29 nitrogen and oxygen atoms in total. The third-order valence-corrected chi connectivity index (χ3v) is 16.9. The minimum atomic E-state index is -4.82. The van der Waals surface area contributed by atoms with Crippen LogP contribution in [-0.2, 0) is 62.0 Å². The maximum absolute atomic E-state index is 14.7. The number of hydrogen-bond acceptors (Lipinski definition) is 23. The molecule has 8 atom stereocenters. The van der Waals surface area contributed by atoms with E-state index >= 15 is 0 Å². The highest BCUT2D eigenvalue weighted by Gasteiger charge is 2.56. The topological polar surface area (TPSA) is 379 Å². The van der Waals surface area contributed by atoms with Crippen molar-refractivity contribution in [3.8, 4) is 17.6 Å². The number of nitriles is 1. The van der Waals surface area contributed by atoms with Crippen LogP contribution < -0.4 is 31.6 Å². The van der Waals surface area contributed by atoms with Crippen molar-refractivity contribution in [1.82, 2.24) is 34.0 Å². The number of esters is 1. The second-order valence-electron chi connectivity index (χ2n) is 21.4. The van der Waals surface area contributed by atoms with Gasteiger partial charge < -0.3 is 62.3 Å². The number of hydrogen-bond donors (Lipinski definition) is 6. The summed E-state index contributed by atoms with van der Waals surface area (Å²) in [6.45, 7) is 4.29. The third kappa shape index (κ3) is 15.7. The van der Waals surface area contributed by atoms with Crippen molar-refractivity contribution in [1.29, 1.82) is 5.26 Å². The predicted molar refractivity (Wildman–Crippen MR) is 315 cm³/mol.